The summed E-state index contributed by atoms with van der Waals surface area (Å²) in [5.74, 6) is 1.38. The van der Waals surface area contributed by atoms with Gasteiger partial charge in [0, 0.05) is 12.5 Å². The summed E-state index contributed by atoms with van der Waals surface area (Å²) >= 11 is 0. The molecule has 3 N–H and O–H groups in total. The highest BCUT2D eigenvalue weighted by atomic mass is 16.1. The van der Waals surface area contributed by atoms with Crippen molar-refractivity contribution in [3.63, 3.8) is 0 Å². The van der Waals surface area contributed by atoms with E-state index in [0.29, 0.717) is 24.3 Å². The minimum atomic E-state index is 0.196. The zero-order valence-electron chi connectivity index (χ0n) is 12.0. The van der Waals surface area contributed by atoms with E-state index in [1.807, 2.05) is 0 Å². The smallest absolute Gasteiger partial charge is 0.220 e. The molecule has 102 valence electrons. The van der Waals surface area contributed by atoms with Crippen LogP contribution in [0.5, 0.6) is 0 Å². The first-order valence-corrected chi connectivity index (χ1v) is 7.04. The number of nitrogens with one attached hydrogen (secondary N) is 1. The van der Waals surface area contributed by atoms with Gasteiger partial charge in [-0.2, -0.15) is 0 Å². The molecule has 3 nitrogen and oxygen atoms in total. The molecule has 0 aliphatic carbocycles. The fourth-order valence-electron chi connectivity index (χ4n) is 2.13. The average Bonchev–Trinajstić information content (AvgIpc) is 2.30. The number of carbonyl (C=O) groups excluding carboxylic acids is 1. The Kier molecular flexibility index (Phi) is 9.14. The molecule has 1 unspecified atom stereocenters. The van der Waals surface area contributed by atoms with Gasteiger partial charge in [0.2, 0.25) is 5.91 Å². The van der Waals surface area contributed by atoms with E-state index in [4.69, 9.17) is 5.73 Å². The van der Waals surface area contributed by atoms with Gasteiger partial charge in [-0.15, -0.1) is 0 Å². The largest absolute Gasteiger partial charge is 0.353 e. The molecule has 0 bridgehead atoms. The second-order valence-electron chi connectivity index (χ2n) is 5.20. The maximum Gasteiger partial charge on any atom is 0.220 e. The predicted molar refractivity (Wildman–Crippen MR) is 73.7 cm³/mol. The van der Waals surface area contributed by atoms with Crippen molar-refractivity contribution in [1.82, 2.24) is 5.32 Å². The Morgan fingerprint density at radius 3 is 2.18 bits per heavy atom. The number of rotatable bonds is 9. The minimum absolute atomic E-state index is 0.196. The molecule has 0 spiro atoms. The molecule has 17 heavy (non-hydrogen) atoms. The van der Waals surface area contributed by atoms with Crippen LogP contribution in [0.3, 0.4) is 0 Å². The van der Waals surface area contributed by atoms with Crippen molar-refractivity contribution in [1.29, 1.82) is 0 Å². The van der Waals surface area contributed by atoms with E-state index in [-0.39, 0.29) is 5.91 Å². The van der Waals surface area contributed by atoms with Crippen molar-refractivity contribution in [3.05, 3.63) is 0 Å². The zero-order chi connectivity index (χ0) is 13.3. The maximum absolute atomic E-state index is 11.8. The molecule has 0 saturated carbocycles. The van der Waals surface area contributed by atoms with E-state index in [1.54, 1.807) is 0 Å². The third-order valence-electron chi connectivity index (χ3n) is 3.57. The fraction of sp³-hybridized carbons (Fsp3) is 0.929. The predicted octanol–water partition coefficient (Wildman–Crippen LogP) is 2.69. The molecular formula is C14H30N2O. The highest BCUT2D eigenvalue weighted by molar-refractivity contribution is 5.76. The summed E-state index contributed by atoms with van der Waals surface area (Å²) in [6.45, 7) is 9.36. The van der Waals surface area contributed by atoms with Gasteiger partial charge >= 0.3 is 0 Å². The Bertz CT molecular complexity index is 200. The minimum Gasteiger partial charge on any atom is -0.353 e. The Morgan fingerprint density at radius 2 is 1.76 bits per heavy atom. The highest BCUT2D eigenvalue weighted by Gasteiger charge is 2.15. The van der Waals surface area contributed by atoms with Crippen LogP contribution in [0.4, 0.5) is 0 Å². The van der Waals surface area contributed by atoms with Crippen molar-refractivity contribution in [2.75, 3.05) is 6.54 Å². The molecule has 0 fully saturated rings. The first-order chi connectivity index (χ1) is 8.04. The number of hydrogen-bond donors (Lipinski definition) is 2. The van der Waals surface area contributed by atoms with Crippen LogP contribution < -0.4 is 11.1 Å². The summed E-state index contributed by atoms with van der Waals surface area (Å²) in [6, 6.07) is 0.342. The van der Waals surface area contributed by atoms with Crippen LogP contribution in [0, 0.1) is 11.8 Å². The fourth-order valence-corrected chi connectivity index (χ4v) is 2.13. The molecule has 0 aromatic rings. The summed E-state index contributed by atoms with van der Waals surface area (Å²) in [4.78, 5) is 11.8. The van der Waals surface area contributed by atoms with Crippen molar-refractivity contribution in [2.24, 2.45) is 17.6 Å². The van der Waals surface area contributed by atoms with Crippen LogP contribution in [0.2, 0.25) is 0 Å². The standard InChI is InChI=1S/C14H30N2O/c1-5-13(6-2)16-14(17)8-7-12(9-10-15)11(3)4/h11-13H,5-10,15H2,1-4H3,(H,16,17). The molecule has 0 heterocycles. The number of nitrogens with two attached hydrogens (primary N) is 1. The summed E-state index contributed by atoms with van der Waals surface area (Å²) < 4.78 is 0. The molecule has 0 rings (SSSR count). The molecule has 0 aromatic heterocycles. The molecule has 1 amide bonds. The lowest BCUT2D eigenvalue weighted by molar-refractivity contribution is -0.122. The van der Waals surface area contributed by atoms with E-state index in [9.17, 15) is 4.79 Å². The maximum atomic E-state index is 11.8. The normalized spacial score (nSPS) is 13.1. The Hall–Kier alpha value is -0.570. The van der Waals surface area contributed by atoms with Gasteiger partial charge in [-0.05, 0) is 44.1 Å². The third-order valence-corrected chi connectivity index (χ3v) is 3.57. The summed E-state index contributed by atoms with van der Waals surface area (Å²) in [5.41, 5.74) is 5.60. The quantitative estimate of drug-likeness (QED) is 0.653. The van der Waals surface area contributed by atoms with Crippen LogP contribution in [-0.2, 0) is 4.79 Å². The van der Waals surface area contributed by atoms with Gasteiger partial charge in [-0.25, -0.2) is 0 Å². The van der Waals surface area contributed by atoms with Crippen molar-refractivity contribution < 1.29 is 4.79 Å². The van der Waals surface area contributed by atoms with E-state index >= 15 is 0 Å². The van der Waals surface area contributed by atoms with Crippen molar-refractivity contribution in [2.45, 2.75) is 65.8 Å². The Balaban J connectivity index is 3.95. The molecule has 1 atom stereocenters. The van der Waals surface area contributed by atoms with E-state index in [0.717, 1.165) is 32.2 Å². The summed E-state index contributed by atoms with van der Waals surface area (Å²) in [7, 11) is 0. The number of amides is 1. The van der Waals surface area contributed by atoms with Gasteiger partial charge in [0.1, 0.15) is 0 Å². The lowest BCUT2D eigenvalue weighted by Crippen LogP contribution is -2.34. The van der Waals surface area contributed by atoms with Gasteiger partial charge in [-0.1, -0.05) is 27.7 Å². The van der Waals surface area contributed by atoms with Crippen molar-refractivity contribution >= 4 is 5.91 Å². The van der Waals surface area contributed by atoms with Crippen LogP contribution in [0.1, 0.15) is 59.8 Å². The Morgan fingerprint density at radius 1 is 1.18 bits per heavy atom. The monoisotopic (exact) mass is 242 g/mol. The van der Waals surface area contributed by atoms with E-state index < -0.39 is 0 Å². The van der Waals surface area contributed by atoms with E-state index in [1.165, 1.54) is 0 Å². The third kappa shape index (κ3) is 7.37. The van der Waals surface area contributed by atoms with Crippen LogP contribution in [-0.4, -0.2) is 18.5 Å². The van der Waals surface area contributed by atoms with Crippen molar-refractivity contribution in [3.8, 4) is 0 Å². The zero-order valence-corrected chi connectivity index (χ0v) is 12.0. The first-order valence-electron chi connectivity index (χ1n) is 7.04. The second kappa shape index (κ2) is 9.46. The molecule has 0 radical (unpaired) electrons. The van der Waals surface area contributed by atoms with Crippen LogP contribution >= 0.6 is 0 Å². The molecule has 0 aliphatic rings. The lowest BCUT2D eigenvalue weighted by Gasteiger charge is -2.21. The van der Waals surface area contributed by atoms with Gasteiger partial charge in [0.25, 0.3) is 0 Å². The topological polar surface area (TPSA) is 55.1 Å². The Labute approximate surface area is 107 Å². The van der Waals surface area contributed by atoms with E-state index in [2.05, 4.69) is 33.0 Å². The van der Waals surface area contributed by atoms with Gasteiger partial charge < -0.3 is 11.1 Å². The lowest BCUT2D eigenvalue weighted by atomic mass is 9.88. The highest BCUT2D eigenvalue weighted by Crippen LogP contribution is 2.20. The van der Waals surface area contributed by atoms with Crippen LogP contribution in [0.25, 0.3) is 0 Å². The number of carbonyl (C=O) groups is 1. The summed E-state index contributed by atoms with van der Waals surface area (Å²) in [5, 5.41) is 3.08. The summed E-state index contributed by atoms with van der Waals surface area (Å²) in [6.07, 6.45) is 4.65. The molecule has 0 aromatic carbocycles. The van der Waals surface area contributed by atoms with Gasteiger partial charge in [0.15, 0.2) is 0 Å². The molecule has 0 aliphatic heterocycles. The first kappa shape index (κ1) is 16.4. The average molecular weight is 242 g/mol. The second-order valence-corrected chi connectivity index (χ2v) is 5.20. The van der Waals surface area contributed by atoms with Gasteiger partial charge in [0.05, 0.1) is 0 Å². The molecule has 0 saturated heterocycles. The number of hydrogen-bond acceptors (Lipinski definition) is 2. The van der Waals surface area contributed by atoms with Gasteiger partial charge in [-0.3, -0.25) is 4.79 Å². The molecule has 3 heteroatoms. The molecular weight excluding hydrogens is 212 g/mol. The van der Waals surface area contributed by atoms with Crippen LogP contribution in [0.15, 0.2) is 0 Å². The SMILES string of the molecule is CCC(CC)NC(=O)CCC(CCN)C(C)C.